The maximum Gasteiger partial charge on any atom is 0.237 e. The summed E-state index contributed by atoms with van der Waals surface area (Å²) in [6.45, 7) is 2.35. The first-order valence-electron chi connectivity index (χ1n) is 9.48. The second-order valence-corrected chi connectivity index (χ2v) is 8.72. The number of aryl methyl sites for hydroxylation is 1. The van der Waals surface area contributed by atoms with Crippen molar-refractivity contribution in [2.45, 2.75) is 18.2 Å². The second-order valence-electron chi connectivity index (χ2n) is 6.84. The van der Waals surface area contributed by atoms with Crippen LogP contribution in [0.3, 0.4) is 0 Å². The van der Waals surface area contributed by atoms with E-state index < -0.39 is 0 Å². The van der Waals surface area contributed by atoms with Crippen LogP contribution in [-0.2, 0) is 9.59 Å². The number of ether oxygens (including phenoxy) is 1. The Morgan fingerprint density at radius 2 is 2.10 bits per heavy atom. The molecule has 3 aromatic rings. The van der Waals surface area contributed by atoms with Gasteiger partial charge in [0.25, 0.3) is 0 Å². The van der Waals surface area contributed by atoms with Crippen LogP contribution in [0.2, 0.25) is 0 Å². The summed E-state index contributed by atoms with van der Waals surface area (Å²) < 4.78 is 5.43. The van der Waals surface area contributed by atoms with Crippen molar-refractivity contribution >= 4 is 45.7 Å². The van der Waals surface area contributed by atoms with Gasteiger partial charge in [0.1, 0.15) is 5.75 Å². The zero-order valence-electron chi connectivity index (χ0n) is 16.7. The van der Waals surface area contributed by atoms with Crippen molar-refractivity contribution in [2.24, 2.45) is 0 Å². The highest BCUT2D eigenvalue weighted by Gasteiger charge is 2.24. The minimum absolute atomic E-state index is 0.0228. The molecule has 1 aliphatic heterocycles. The van der Waals surface area contributed by atoms with E-state index in [2.05, 4.69) is 10.3 Å². The van der Waals surface area contributed by atoms with Gasteiger partial charge in [0.05, 0.1) is 24.2 Å². The Balaban J connectivity index is 1.41. The number of anilines is 2. The van der Waals surface area contributed by atoms with E-state index in [4.69, 9.17) is 4.74 Å². The van der Waals surface area contributed by atoms with Gasteiger partial charge in [0, 0.05) is 28.8 Å². The first-order chi connectivity index (χ1) is 14.5. The van der Waals surface area contributed by atoms with Crippen LogP contribution in [0.15, 0.2) is 52.7 Å². The fourth-order valence-electron chi connectivity index (χ4n) is 3.27. The van der Waals surface area contributed by atoms with Crippen LogP contribution in [0.1, 0.15) is 12.0 Å². The monoisotopic (exact) mass is 439 g/mol. The van der Waals surface area contributed by atoms with Crippen LogP contribution >= 0.6 is 23.1 Å². The highest BCUT2D eigenvalue weighted by atomic mass is 32.2. The number of rotatable bonds is 6. The Bertz CT molecular complexity index is 1100. The van der Waals surface area contributed by atoms with Crippen LogP contribution in [0, 0.1) is 6.92 Å². The van der Waals surface area contributed by atoms with E-state index in [0.717, 1.165) is 33.2 Å². The standard InChI is InChI=1S/C22H21N3O3S2/c1-14-7-8-18(28-2)15(11-14)16-12-30-22(23-16)24-20(26)9-10-25-17-5-3-4-6-19(17)29-13-21(25)27/h3-8,11-12H,9-10,13H2,1-2H3,(H,23,24,26). The first kappa shape index (κ1) is 20.4. The predicted molar refractivity (Wildman–Crippen MR) is 122 cm³/mol. The summed E-state index contributed by atoms with van der Waals surface area (Å²) in [5.74, 6) is 0.987. The molecule has 30 heavy (non-hydrogen) atoms. The number of carbonyl (C=O) groups excluding carboxylic acids is 2. The number of thioether (sulfide) groups is 1. The van der Waals surface area contributed by atoms with Crippen molar-refractivity contribution in [3.05, 3.63) is 53.4 Å². The molecule has 2 aromatic carbocycles. The number of carbonyl (C=O) groups is 2. The third-order valence-corrected chi connectivity index (χ3v) is 6.56. The summed E-state index contributed by atoms with van der Waals surface area (Å²) in [7, 11) is 1.63. The molecular formula is C22H21N3O3S2. The number of fused-ring (bicyclic) bond motifs is 1. The number of amides is 2. The maximum atomic E-state index is 12.5. The lowest BCUT2D eigenvalue weighted by atomic mass is 10.1. The normalized spacial score (nSPS) is 13.1. The number of aromatic nitrogens is 1. The summed E-state index contributed by atoms with van der Waals surface area (Å²) in [5.41, 5.74) is 3.62. The Morgan fingerprint density at radius 1 is 1.27 bits per heavy atom. The lowest BCUT2D eigenvalue weighted by Crippen LogP contribution is -2.37. The number of para-hydroxylation sites is 1. The van der Waals surface area contributed by atoms with Gasteiger partial charge in [0.15, 0.2) is 5.13 Å². The molecule has 0 atom stereocenters. The van der Waals surface area contributed by atoms with E-state index >= 15 is 0 Å². The zero-order chi connectivity index (χ0) is 21.1. The SMILES string of the molecule is COc1ccc(C)cc1-c1csc(NC(=O)CCN2C(=O)CSc3ccccc32)n1. The molecule has 1 N–H and O–H groups in total. The van der Waals surface area contributed by atoms with Gasteiger partial charge in [-0.3, -0.25) is 9.59 Å². The average Bonchev–Trinajstić information content (AvgIpc) is 3.21. The molecule has 8 heteroatoms. The number of hydrogen-bond acceptors (Lipinski definition) is 6. The minimum atomic E-state index is -0.171. The molecule has 0 saturated heterocycles. The van der Waals surface area contributed by atoms with E-state index in [1.807, 2.05) is 54.8 Å². The first-order valence-corrected chi connectivity index (χ1v) is 11.3. The summed E-state index contributed by atoms with van der Waals surface area (Å²) >= 11 is 2.90. The predicted octanol–water partition coefficient (Wildman–Crippen LogP) is 4.59. The van der Waals surface area contributed by atoms with Crippen molar-refractivity contribution in [1.82, 2.24) is 4.98 Å². The van der Waals surface area contributed by atoms with Crippen LogP contribution < -0.4 is 15.0 Å². The molecule has 2 heterocycles. The Hall–Kier alpha value is -2.84. The fraction of sp³-hybridized carbons (Fsp3) is 0.227. The molecule has 1 aliphatic rings. The summed E-state index contributed by atoms with van der Waals surface area (Å²) in [5, 5.41) is 5.27. The fourth-order valence-corrected chi connectivity index (χ4v) is 4.93. The van der Waals surface area contributed by atoms with Crippen LogP contribution in [0.4, 0.5) is 10.8 Å². The molecule has 0 bridgehead atoms. The molecule has 0 saturated carbocycles. The van der Waals surface area contributed by atoms with Gasteiger partial charge in [-0.2, -0.15) is 0 Å². The second kappa shape index (κ2) is 8.89. The molecule has 2 amide bonds. The molecule has 6 nitrogen and oxygen atoms in total. The summed E-state index contributed by atoms with van der Waals surface area (Å²) in [4.78, 5) is 32.1. The summed E-state index contributed by atoms with van der Waals surface area (Å²) in [6, 6.07) is 13.7. The maximum absolute atomic E-state index is 12.5. The van der Waals surface area contributed by atoms with E-state index in [1.165, 1.54) is 23.1 Å². The van der Waals surface area contributed by atoms with Crippen LogP contribution in [0.25, 0.3) is 11.3 Å². The highest BCUT2D eigenvalue weighted by molar-refractivity contribution is 8.00. The van der Waals surface area contributed by atoms with Crippen molar-refractivity contribution in [3.8, 4) is 17.0 Å². The molecule has 0 radical (unpaired) electrons. The molecule has 0 aliphatic carbocycles. The van der Waals surface area contributed by atoms with E-state index in [1.54, 1.807) is 12.0 Å². The van der Waals surface area contributed by atoms with Gasteiger partial charge in [0.2, 0.25) is 11.8 Å². The molecule has 1 aromatic heterocycles. The van der Waals surface area contributed by atoms with Gasteiger partial charge >= 0.3 is 0 Å². The average molecular weight is 440 g/mol. The molecule has 0 fully saturated rings. The van der Waals surface area contributed by atoms with Gasteiger partial charge in [-0.25, -0.2) is 4.98 Å². The van der Waals surface area contributed by atoms with Gasteiger partial charge in [-0.15, -0.1) is 23.1 Å². The van der Waals surface area contributed by atoms with Crippen molar-refractivity contribution in [1.29, 1.82) is 0 Å². The largest absolute Gasteiger partial charge is 0.496 e. The topological polar surface area (TPSA) is 71.5 Å². The van der Waals surface area contributed by atoms with E-state index in [-0.39, 0.29) is 18.2 Å². The highest BCUT2D eigenvalue weighted by Crippen LogP contribution is 2.35. The molecule has 4 rings (SSSR count). The zero-order valence-corrected chi connectivity index (χ0v) is 18.3. The number of methoxy groups -OCH3 is 1. The van der Waals surface area contributed by atoms with E-state index in [0.29, 0.717) is 17.4 Å². The van der Waals surface area contributed by atoms with Gasteiger partial charge < -0.3 is 15.0 Å². The quantitative estimate of drug-likeness (QED) is 0.608. The Labute approximate surface area is 183 Å². The number of benzene rings is 2. The third-order valence-electron chi connectivity index (χ3n) is 4.75. The number of nitrogens with one attached hydrogen (secondary N) is 1. The molecule has 154 valence electrons. The molecule has 0 unspecified atom stereocenters. The smallest absolute Gasteiger partial charge is 0.237 e. The van der Waals surface area contributed by atoms with Gasteiger partial charge in [-0.1, -0.05) is 23.8 Å². The molecular weight excluding hydrogens is 418 g/mol. The minimum Gasteiger partial charge on any atom is -0.496 e. The lowest BCUT2D eigenvalue weighted by Gasteiger charge is -2.28. The van der Waals surface area contributed by atoms with Crippen molar-refractivity contribution in [2.75, 3.05) is 29.6 Å². The van der Waals surface area contributed by atoms with Crippen molar-refractivity contribution < 1.29 is 14.3 Å². The van der Waals surface area contributed by atoms with Crippen molar-refractivity contribution in [3.63, 3.8) is 0 Å². The summed E-state index contributed by atoms with van der Waals surface area (Å²) in [6.07, 6.45) is 0.202. The number of nitrogens with zero attached hydrogens (tertiary/aromatic N) is 2. The lowest BCUT2D eigenvalue weighted by molar-refractivity contribution is -0.117. The van der Waals surface area contributed by atoms with E-state index in [9.17, 15) is 9.59 Å². The van der Waals surface area contributed by atoms with Crippen LogP contribution in [-0.4, -0.2) is 36.2 Å². The number of thiazole rings is 1. The Kier molecular flexibility index (Phi) is 6.06. The Morgan fingerprint density at radius 3 is 2.93 bits per heavy atom. The van der Waals surface area contributed by atoms with Crippen LogP contribution in [0.5, 0.6) is 5.75 Å². The number of hydrogen-bond donors (Lipinski definition) is 1. The molecule has 0 spiro atoms. The third kappa shape index (κ3) is 4.34. The van der Waals surface area contributed by atoms with Gasteiger partial charge in [-0.05, 0) is 31.2 Å².